The normalized spacial score (nSPS) is 12.5. The molecule has 2 heteroatoms. The zero-order valence-corrected chi connectivity index (χ0v) is 13.6. The van der Waals surface area contributed by atoms with E-state index < -0.39 is 0 Å². The summed E-state index contributed by atoms with van der Waals surface area (Å²) in [7, 11) is 0. The highest BCUT2D eigenvalue weighted by Gasteiger charge is 2.06. The molecule has 1 aromatic carbocycles. The molecule has 0 radical (unpaired) electrons. The van der Waals surface area contributed by atoms with E-state index in [4.69, 9.17) is 5.11 Å². The van der Waals surface area contributed by atoms with Crippen molar-refractivity contribution in [1.82, 2.24) is 0 Å². The minimum atomic E-state index is -0.359. The van der Waals surface area contributed by atoms with Gasteiger partial charge >= 0.3 is 0 Å². The molecule has 0 fully saturated rings. The molecule has 1 rings (SSSR count). The van der Waals surface area contributed by atoms with Gasteiger partial charge in [0, 0.05) is 0 Å². The predicted molar refractivity (Wildman–Crippen MR) is 89.2 cm³/mol. The first-order valence-corrected chi connectivity index (χ1v) is 8.65. The molecule has 0 aliphatic carbocycles. The van der Waals surface area contributed by atoms with Crippen molar-refractivity contribution in [2.75, 3.05) is 0 Å². The fraction of sp³-hybridized carbons (Fsp3) is 0.684. The summed E-state index contributed by atoms with van der Waals surface area (Å²) in [6, 6.07) is 7.61. The second kappa shape index (κ2) is 11.8. The highest BCUT2D eigenvalue weighted by atomic mass is 16.3. The highest BCUT2D eigenvalue weighted by molar-refractivity contribution is 5.23. The lowest BCUT2D eigenvalue weighted by molar-refractivity contribution is 0.163. The largest absolute Gasteiger partial charge is 0.392 e. The lowest BCUT2D eigenvalue weighted by Crippen LogP contribution is -1.98. The van der Waals surface area contributed by atoms with Crippen LogP contribution in [-0.4, -0.2) is 10.2 Å². The molecule has 0 bridgehead atoms. The van der Waals surface area contributed by atoms with Crippen molar-refractivity contribution in [3.63, 3.8) is 0 Å². The molecule has 1 aromatic rings. The summed E-state index contributed by atoms with van der Waals surface area (Å²) >= 11 is 0. The molecule has 0 aliphatic rings. The highest BCUT2D eigenvalue weighted by Crippen LogP contribution is 2.21. The van der Waals surface area contributed by atoms with Crippen LogP contribution in [0.3, 0.4) is 0 Å². The zero-order chi connectivity index (χ0) is 15.3. The van der Waals surface area contributed by atoms with Crippen LogP contribution in [0.5, 0.6) is 0 Å². The minimum Gasteiger partial charge on any atom is -0.392 e. The van der Waals surface area contributed by atoms with Crippen molar-refractivity contribution in [3.8, 4) is 0 Å². The fourth-order valence-electron chi connectivity index (χ4n) is 2.66. The smallest absolute Gasteiger partial charge is 0.0790 e. The van der Waals surface area contributed by atoms with Crippen LogP contribution in [0, 0.1) is 0 Å². The lowest BCUT2D eigenvalue weighted by Gasteiger charge is -2.11. The van der Waals surface area contributed by atoms with E-state index in [0.717, 1.165) is 24.0 Å². The van der Waals surface area contributed by atoms with Gasteiger partial charge in [0.2, 0.25) is 0 Å². The van der Waals surface area contributed by atoms with E-state index >= 15 is 0 Å². The summed E-state index contributed by atoms with van der Waals surface area (Å²) < 4.78 is 0. The van der Waals surface area contributed by atoms with Gasteiger partial charge in [-0.15, -0.1) is 0 Å². The van der Waals surface area contributed by atoms with Gasteiger partial charge in [-0.1, -0.05) is 89.0 Å². The first-order chi connectivity index (χ1) is 10.3. The van der Waals surface area contributed by atoms with E-state index in [0.29, 0.717) is 0 Å². The van der Waals surface area contributed by atoms with Gasteiger partial charge in [0.15, 0.2) is 0 Å². The molecular weight excluding hydrogens is 260 g/mol. The number of rotatable bonds is 12. The van der Waals surface area contributed by atoms with Crippen molar-refractivity contribution < 1.29 is 10.2 Å². The number of hydrogen-bond donors (Lipinski definition) is 2. The Labute approximate surface area is 130 Å². The summed E-state index contributed by atoms with van der Waals surface area (Å²) in [4.78, 5) is 0. The van der Waals surface area contributed by atoms with Gasteiger partial charge in [0.1, 0.15) is 0 Å². The molecule has 0 aromatic heterocycles. The third kappa shape index (κ3) is 8.23. The van der Waals surface area contributed by atoms with Crippen LogP contribution in [0.25, 0.3) is 0 Å². The Morgan fingerprint density at radius 3 is 1.86 bits per heavy atom. The van der Waals surface area contributed by atoms with E-state index in [1.807, 2.05) is 24.3 Å². The summed E-state index contributed by atoms with van der Waals surface area (Å²) in [6.45, 7) is 2.32. The van der Waals surface area contributed by atoms with Crippen molar-refractivity contribution in [2.24, 2.45) is 0 Å². The fourth-order valence-corrected chi connectivity index (χ4v) is 2.66. The van der Waals surface area contributed by atoms with Gasteiger partial charge in [0.05, 0.1) is 12.7 Å². The maximum Gasteiger partial charge on any atom is 0.0790 e. The molecule has 120 valence electrons. The first-order valence-electron chi connectivity index (χ1n) is 8.65. The second-order valence-corrected chi connectivity index (χ2v) is 6.03. The van der Waals surface area contributed by atoms with Gasteiger partial charge < -0.3 is 10.2 Å². The molecule has 0 saturated heterocycles. The van der Waals surface area contributed by atoms with Crippen LogP contribution < -0.4 is 0 Å². The molecule has 1 atom stereocenters. The number of benzene rings is 1. The Kier molecular flexibility index (Phi) is 10.2. The van der Waals surface area contributed by atoms with Gasteiger partial charge in [-0.05, 0) is 17.5 Å². The molecule has 0 heterocycles. The number of hydrogen-bond acceptors (Lipinski definition) is 2. The lowest BCUT2D eigenvalue weighted by atomic mass is 10.0. The second-order valence-electron chi connectivity index (χ2n) is 6.03. The van der Waals surface area contributed by atoms with Gasteiger partial charge in [-0.2, -0.15) is 0 Å². The number of aliphatic hydroxyl groups excluding tert-OH is 2. The van der Waals surface area contributed by atoms with Crippen molar-refractivity contribution in [2.45, 2.75) is 83.8 Å². The Balaban J connectivity index is 2.03. The van der Waals surface area contributed by atoms with Crippen LogP contribution in [0.15, 0.2) is 24.3 Å². The van der Waals surface area contributed by atoms with E-state index in [2.05, 4.69) is 6.92 Å². The van der Waals surface area contributed by atoms with E-state index in [-0.39, 0.29) is 12.7 Å². The van der Waals surface area contributed by atoms with E-state index in [1.165, 1.54) is 51.4 Å². The molecule has 2 nitrogen and oxygen atoms in total. The Morgan fingerprint density at radius 2 is 1.33 bits per heavy atom. The van der Waals surface area contributed by atoms with Crippen molar-refractivity contribution in [3.05, 3.63) is 35.4 Å². The standard InChI is InChI=1S/C19H32O2/c1-2-3-4-5-6-7-8-9-10-11-19(21)18-14-12-17(16-20)13-15-18/h12-15,19-21H,2-11,16H2,1H3. The molecule has 1 unspecified atom stereocenters. The Morgan fingerprint density at radius 1 is 0.810 bits per heavy atom. The first kappa shape index (κ1) is 18.2. The van der Waals surface area contributed by atoms with E-state index in [1.54, 1.807) is 0 Å². The molecule has 0 saturated carbocycles. The third-order valence-electron chi connectivity index (χ3n) is 4.13. The van der Waals surface area contributed by atoms with Crippen LogP contribution in [-0.2, 0) is 6.61 Å². The third-order valence-corrected chi connectivity index (χ3v) is 4.13. The van der Waals surface area contributed by atoms with Crippen molar-refractivity contribution in [1.29, 1.82) is 0 Å². The minimum absolute atomic E-state index is 0.0641. The zero-order valence-electron chi connectivity index (χ0n) is 13.6. The van der Waals surface area contributed by atoms with Gasteiger partial charge in [0.25, 0.3) is 0 Å². The van der Waals surface area contributed by atoms with Gasteiger partial charge in [-0.25, -0.2) is 0 Å². The molecule has 0 aliphatic heterocycles. The quantitative estimate of drug-likeness (QED) is 0.524. The average Bonchev–Trinajstić information content (AvgIpc) is 2.53. The molecule has 0 amide bonds. The Bertz CT molecular complexity index is 345. The maximum absolute atomic E-state index is 10.1. The summed E-state index contributed by atoms with van der Waals surface area (Å²) in [5.41, 5.74) is 1.86. The molecule has 2 N–H and O–H groups in total. The van der Waals surface area contributed by atoms with Crippen LogP contribution in [0.4, 0.5) is 0 Å². The SMILES string of the molecule is CCCCCCCCCCCC(O)c1ccc(CO)cc1. The topological polar surface area (TPSA) is 40.5 Å². The predicted octanol–water partition coefficient (Wildman–Crippen LogP) is 5.13. The molecular formula is C19H32O2. The van der Waals surface area contributed by atoms with Crippen LogP contribution in [0.1, 0.15) is 88.4 Å². The number of unbranched alkanes of at least 4 members (excludes halogenated alkanes) is 8. The maximum atomic E-state index is 10.1. The average molecular weight is 292 g/mol. The van der Waals surface area contributed by atoms with E-state index in [9.17, 15) is 5.11 Å². The summed E-state index contributed by atoms with van der Waals surface area (Å²) in [5.74, 6) is 0. The van der Waals surface area contributed by atoms with Crippen molar-refractivity contribution >= 4 is 0 Å². The van der Waals surface area contributed by atoms with Crippen LogP contribution >= 0.6 is 0 Å². The summed E-state index contributed by atoms with van der Waals surface area (Å²) in [5, 5.41) is 19.1. The van der Waals surface area contributed by atoms with Crippen LogP contribution in [0.2, 0.25) is 0 Å². The number of aliphatic hydroxyl groups is 2. The van der Waals surface area contributed by atoms with Gasteiger partial charge in [-0.3, -0.25) is 0 Å². The Hall–Kier alpha value is -0.860. The monoisotopic (exact) mass is 292 g/mol. The summed E-state index contributed by atoms with van der Waals surface area (Å²) in [6.07, 6.45) is 12.3. The molecule has 21 heavy (non-hydrogen) atoms. The molecule has 0 spiro atoms.